The lowest BCUT2D eigenvalue weighted by atomic mass is 10.1. The molecule has 8 heteroatoms. The van der Waals surface area contributed by atoms with Crippen LogP contribution in [0.25, 0.3) is 0 Å². The van der Waals surface area contributed by atoms with Crippen LogP contribution in [0.1, 0.15) is 23.0 Å². The minimum atomic E-state index is -4.60. The van der Waals surface area contributed by atoms with Gasteiger partial charge in [0, 0.05) is 6.20 Å². The summed E-state index contributed by atoms with van der Waals surface area (Å²) in [5.41, 5.74) is -1.23. The van der Waals surface area contributed by atoms with E-state index >= 15 is 0 Å². The Morgan fingerprint density at radius 3 is 2.48 bits per heavy atom. The van der Waals surface area contributed by atoms with E-state index in [9.17, 15) is 22.8 Å². The van der Waals surface area contributed by atoms with E-state index in [0.29, 0.717) is 0 Å². The molecule has 0 aliphatic heterocycles. The van der Waals surface area contributed by atoms with Gasteiger partial charge in [0.25, 0.3) is 5.91 Å². The van der Waals surface area contributed by atoms with Gasteiger partial charge in [-0.1, -0.05) is 12.1 Å². The van der Waals surface area contributed by atoms with Gasteiger partial charge in [-0.2, -0.15) is 13.2 Å². The van der Waals surface area contributed by atoms with Gasteiger partial charge in [0.2, 0.25) is 0 Å². The van der Waals surface area contributed by atoms with Crippen LogP contribution in [-0.4, -0.2) is 23.0 Å². The standard InChI is InChI=1S/C15H13F3N2O3/c1-9(23-14(22)12-7-4-8-19-12)13(21)20-11-6-3-2-5-10(11)15(16,17)18/h2-9,19H,1H3,(H,20,21)/t9-/m1/s1. The molecule has 0 aliphatic rings. The predicted molar refractivity (Wildman–Crippen MR) is 75.7 cm³/mol. The highest BCUT2D eigenvalue weighted by Gasteiger charge is 2.34. The topological polar surface area (TPSA) is 71.2 Å². The highest BCUT2D eigenvalue weighted by Crippen LogP contribution is 2.34. The van der Waals surface area contributed by atoms with Gasteiger partial charge >= 0.3 is 12.1 Å². The number of carbonyl (C=O) groups is 2. The fraction of sp³-hybridized carbons (Fsp3) is 0.200. The molecule has 0 unspecified atom stereocenters. The summed E-state index contributed by atoms with van der Waals surface area (Å²) in [6.07, 6.45) is -4.36. The Hall–Kier alpha value is -2.77. The quantitative estimate of drug-likeness (QED) is 0.848. The molecule has 0 radical (unpaired) electrons. The van der Waals surface area contributed by atoms with Gasteiger partial charge in [-0.3, -0.25) is 4.79 Å². The number of para-hydroxylation sites is 1. The van der Waals surface area contributed by atoms with Crippen molar-refractivity contribution >= 4 is 17.6 Å². The average Bonchev–Trinajstić information content (AvgIpc) is 3.00. The first-order valence-corrected chi connectivity index (χ1v) is 6.60. The molecular formula is C15H13F3N2O3. The highest BCUT2D eigenvalue weighted by atomic mass is 19.4. The van der Waals surface area contributed by atoms with E-state index in [2.05, 4.69) is 10.3 Å². The molecule has 23 heavy (non-hydrogen) atoms. The molecule has 5 nitrogen and oxygen atoms in total. The van der Waals surface area contributed by atoms with Crippen LogP contribution in [-0.2, 0) is 15.7 Å². The van der Waals surface area contributed by atoms with Crippen LogP contribution in [0.4, 0.5) is 18.9 Å². The van der Waals surface area contributed by atoms with Crippen molar-refractivity contribution in [2.45, 2.75) is 19.2 Å². The molecule has 2 N–H and O–H groups in total. The fourth-order valence-corrected chi connectivity index (χ4v) is 1.81. The molecule has 2 aromatic rings. The molecule has 1 aromatic carbocycles. The molecule has 0 spiro atoms. The SMILES string of the molecule is C[C@@H](OC(=O)c1ccc[nH]1)C(=O)Nc1ccccc1C(F)(F)F. The lowest BCUT2D eigenvalue weighted by molar-refractivity contribution is -0.137. The fourth-order valence-electron chi connectivity index (χ4n) is 1.81. The summed E-state index contributed by atoms with van der Waals surface area (Å²) in [7, 11) is 0. The predicted octanol–water partition coefficient (Wildman–Crippen LogP) is 3.22. The van der Waals surface area contributed by atoms with Crippen molar-refractivity contribution in [1.82, 2.24) is 4.98 Å². The van der Waals surface area contributed by atoms with E-state index in [-0.39, 0.29) is 5.69 Å². The van der Waals surface area contributed by atoms with Crippen LogP contribution in [0.15, 0.2) is 42.6 Å². The maximum Gasteiger partial charge on any atom is 0.418 e. The van der Waals surface area contributed by atoms with Crippen LogP contribution in [0, 0.1) is 0 Å². The Labute approximate surface area is 129 Å². The second-order valence-electron chi connectivity index (χ2n) is 4.66. The highest BCUT2D eigenvalue weighted by molar-refractivity contribution is 5.97. The van der Waals surface area contributed by atoms with E-state index in [4.69, 9.17) is 4.74 Å². The molecule has 122 valence electrons. The Morgan fingerprint density at radius 1 is 1.17 bits per heavy atom. The molecule has 0 bridgehead atoms. The summed E-state index contributed by atoms with van der Waals surface area (Å²) >= 11 is 0. The van der Waals surface area contributed by atoms with Gasteiger partial charge < -0.3 is 15.0 Å². The summed E-state index contributed by atoms with van der Waals surface area (Å²) in [5.74, 6) is -1.64. The van der Waals surface area contributed by atoms with Crippen molar-refractivity contribution in [3.8, 4) is 0 Å². The molecule has 1 aromatic heterocycles. The summed E-state index contributed by atoms with van der Waals surface area (Å²) in [6.45, 7) is 1.27. The molecule has 2 rings (SSSR count). The van der Waals surface area contributed by atoms with Crippen LogP contribution >= 0.6 is 0 Å². The Kier molecular flexibility index (Phi) is 4.73. The number of alkyl halides is 3. The van der Waals surface area contributed by atoms with E-state index in [1.165, 1.54) is 31.3 Å². The van der Waals surface area contributed by atoms with Crippen molar-refractivity contribution in [3.63, 3.8) is 0 Å². The van der Waals surface area contributed by atoms with Gasteiger partial charge in [0.1, 0.15) is 5.69 Å². The minimum Gasteiger partial charge on any atom is -0.448 e. The minimum absolute atomic E-state index is 0.139. The van der Waals surface area contributed by atoms with E-state index in [1.807, 2.05) is 0 Å². The number of amides is 1. The maximum atomic E-state index is 12.9. The Bertz CT molecular complexity index is 696. The zero-order valence-electron chi connectivity index (χ0n) is 12.0. The van der Waals surface area contributed by atoms with Crippen LogP contribution in [0.5, 0.6) is 0 Å². The van der Waals surface area contributed by atoms with E-state index in [1.54, 1.807) is 6.07 Å². The number of hydrogen-bond donors (Lipinski definition) is 2. The van der Waals surface area contributed by atoms with E-state index in [0.717, 1.165) is 12.1 Å². The second kappa shape index (κ2) is 6.55. The van der Waals surface area contributed by atoms with Crippen molar-refractivity contribution in [2.75, 3.05) is 5.32 Å². The number of benzene rings is 1. The summed E-state index contributed by atoms with van der Waals surface area (Å²) < 4.78 is 43.5. The van der Waals surface area contributed by atoms with Crippen molar-refractivity contribution in [1.29, 1.82) is 0 Å². The second-order valence-corrected chi connectivity index (χ2v) is 4.66. The number of hydrogen-bond acceptors (Lipinski definition) is 3. The van der Waals surface area contributed by atoms with Gasteiger partial charge in [-0.25, -0.2) is 4.79 Å². The third-order valence-electron chi connectivity index (χ3n) is 2.96. The van der Waals surface area contributed by atoms with Crippen LogP contribution < -0.4 is 5.32 Å². The number of carbonyl (C=O) groups excluding carboxylic acids is 2. The number of rotatable bonds is 4. The maximum absolute atomic E-state index is 12.9. The van der Waals surface area contributed by atoms with E-state index < -0.39 is 35.4 Å². The molecule has 0 fully saturated rings. The van der Waals surface area contributed by atoms with Crippen LogP contribution in [0.2, 0.25) is 0 Å². The number of aromatic amines is 1. The van der Waals surface area contributed by atoms with Gasteiger partial charge in [0.05, 0.1) is 11.3 Å². The smallest absolute Gasteiger partial charge is 0.418 e. The van der Waals surface area contributed by atoms with Gasteiger partial charge in [-0.05, 0) is 31.2 Å². The van der Waals surface area contributed by atoms with Crippen molar-refractivity contribution in [3.05, 3.63) is 53.9 Å². The van der Waals surface area contributed by atoms with Gasteiger partial charge in [0.15, 0.2) is 6.10 Å². The lowest BCUT2D eigenvalue weighted by Crippen LogP contribution is -2.30. The average molecular weight is 326 g/mol. The largest absolute Gasteiger partial charge is 0.448 e. The third-order valence-corrected chi connectivity index (χ3v) is 2.96. The molecule has 0 aliphatic carbocycles. The normalized spacial score (nSPS) is 12.5. The molecule has 0 saturated carbocycles. The summed E-state index contributed by atoms with van der Waals surface area (Å²) in [5, 5.41) is 2.12. The molecule has 1 heterocycles. The molecule has 0 saturated heterocycles. The number of ether oxygens (including phenoxy) is 1. The van der Waals surface area contributed by atoms with Crippen molar-refractivity contribution < 1.29 is 27.5 Å². The number of H-pyrrole nitrogens is 1. The molecule has 1 amide bonds. The molecular weight excluding hydrogens is 313 g/mol. The Balaban J connectivity index is 2.06. The van der Waals surface area contributed by atoms with Crippen molar-refractivity contribution in [2.24, 2.45) is 0 Å². The molecule has 1 atom stereocenters. The monoisotopic (exact) mass is 326 g/mol. The first kappa shape index (κ1) is 16.6. The number of nitrogens with one attached hydrogen (secondary N) is 2. The summed E-state index contributed by atoms with van der Waals surface area (Å²) in [6, 6.07) is 7.58. The zero-order chi connectivity index (χ0) is 17.0. The first-order valence-electron chi connectivity index (χ1n) is 6.60. The summed E-state index contributed by atoms with van der Waals surface area (Å²) in [4.78, 5) is 26.2. The number of aromatic nitrogens is 1. The number of halogens is 3. The zero-order valence-corrected chi connectivity index (χ0v) is 12.0. The Morgan fingerprint density at radius 2 is 1.87 bits per heavy atom. The van der Waals surface area contributed by atoms with Gasteiger partial charge in [-0.15, -0.1) is 0 Å². The number of anilines is 1. The first-order chi connectivity index (χ1) is 10.8. The lowest BCUT2D eigenvalue weighted by Gasteiger charge is -2.16. The number of esters is 1. The third kappa shape index (κ3) is 4.12. The van der Waals surface area contributed by atoms with Crippen LogP contribution in [0.3, 0.4) is 0 Å².